The van der Waals surface area contributed by atoms with Gasteiger partial charge in [0.1, 0.15) is 12.2 Å². The molecule has 2 fully saturated rings. The fourth-order valence-electron chi connectivity index (χ4n) is 5.52. The molecule has 1 aromatic carbocycles. The summed E-state index contributed by atoms with van der Waals surface area (Å²) >= 11 is 0. The number of amides is 2. The fourth-order valence-corrected chi connectivity index (χ4v) is 5.52. The third-order valence-electron chi connectivity index (χ3n) is 7.44. The van der Waals surface area contributed by atoms with Crippen LogP contribution in [0.5, 0.6) is 0 Å². The molecule has 192 valence electrons. The second-order valence-corrected chi connectivity index (χ2v) is 11.2. The Morgan fingerprint density at radius 3 is 2.56 bits per heavy atom. The average molecular weight is 491 g/mol. The maximum absolute atomic E-state index is 13.1. The van der Waals surface area contributed by atoms with Crippen LogP contribution in [0.3, 0.4) is 0 Å². The largest absolute Gasteiger partial charge is 0.361 e. The Labute approximate surface area is 214 Å². The van der Waals surface area contributed by atoms with Gasteiger partial charge in [0.2, 0.25) is 11.8 Å². The van der Waals surface area contributed by atoms with E-state index in [1.54, 1.807) is 0 Å². The summed E-state index contributed by atoms with van der Waals surface area (Å²) in [4.78, 5) is 25.2. The van der Waals surface area contributed by atoms with Gasteiger partial charge in [-0.3, -0.25) is 9.59 Å². The third-order valence-corrected chi connectivity index (χ3v) is 7.44. The number of hydrogen-bond donors (Lipinski definition) is 2. The number of aryl methyl sites for hydroxylation is 2. The van der Waals surface area contributed by atoms with E-state index < -0.39 is 0 Å². The van der Waals surface area contributed by atoms with Gasteiger partial charge in [0.25, 0.3) is 0 Å². The van der Waals surface area contributed by atoms with Crippen molar-refractivity contribution in [2.45, 2.75) is 90.4 Å². The van der Waals surface area contributed by atoms with E-state index in [1.807, 2.05) is 38.1 Å². The molecular formula is C29H38N4O3. The molecule has 0 unspecified atom stereocenters. The minimum absolute atomic E-state index is 0.131. The van der Waals surface area contributed by atoms with Gasteiger partial charge < -0.3 is 15.2 Å². The Morgan fingerprint density at radius 2 is 1.92 bits per heavy atom. The summed E-state index contributed by atoms with van der Waals surface area (Å²) in [6.45, 7) is 8.77. The monoisotopic (exact) mass is 490 g/mol. The number of nitrogens with one attached hydrogen (secondary N) is 2. The van der Waals surface area contributed by atoms with Crippen LogP contribution >= 0.6 is 0 Å². The van der Waals surface area contributed by atoms with Crippen LogP contribution in [0.2, 0.25) is 0 Å². The number of rotatable bonds is 11. The number of nitrogens with zero attached hydrogens (tertiary/aromatic N) is 2. The molecule has 2 aliphatic carbocycles. The van der Waals surface area contributed by atoms with E-state index in [9.17, 15) is 9.59 Å². The van der Waals surface area contributed by atoms with Crippen molar-refractivity contribution in [2.24, 2.45) is 11.8 Å². The first-order valence-electron chi connectivity index (χ1n) is 13.2. The van der Waals surface area contributed by atoms with Crippen molar-refractivity contribution in [3.63, 3.8) is 0 Å². The molecule has 0 spiro atoms. The second kappa shape index (κ2) is 11.3. The van der Waals surface area contributed by atoms with Gasteiger partial charge in [-0.1, -0.05) is 36.7 Å². The van der Waals surface area contributed by atoms with Crippen LogP contribution in [-0.4, -0.2) is 23.5 Å². The lowest BCUT2D eigenvalue weighted by Crippen LogP contribution is -2.30. The third kappa shape index (κ3) is 6.34. The molecule has 1 aromatic heterocycles. The molecule has 0 bridgehead atoms. The topological polar surface area (TPSA) is 108 Å². The predicted octanol–water partition coefficient (Wildman–Crippen LogP) is 5.85. The summed E-state index contributed by atoms with van der Waals surface area (Å²) in [5, 5.41) is 19.2. The van der Waals surface area contributed by atoms with Crippen molar-refractivity contribution in [3.05, 3.63) is 46.3 Å². The van der Waals surface area contributed by atoms with Gasteiger partial charge in [0, 0.05) is 36.1 Å². The number of anilines is 1. The smallest absolute Gasteiger partial charge is 0.234 e. The minimum Gasteiger partial charge on any atom is -0.361 e. The number of nitriles is 1. The van der Waals surface area contributed by atoms with Gasteiger partial charge in [-0.15, -0.1) is 0 Å². The molecule has 2 N–H and O–H groups in total. The molecular weight excluding hydrogens is 452 g/mol. The number of aromatic nitrogens is 1. The zero-order valence-corrected chi connectivity index (χ0v) is 21.9. The van der Waals surface area contributed by atoms with Crippen molar-refractivity contribution in [2.75, 3.05) is 11.9 Å². The van der Waals surface area contributed by atoms with Gasteiger partial charge in [0.05, 0.1) is 11.8 Å². The Hall–Kier alpha value is -3.14. The summed E-state index contributed by atoms with van der Waals surface area (Å²) in [6.07, 6.45) is 5.67. The maximum Gasteiger partial charge on any atom is 0.234 e. The van der Waals surface area contributed by atoms with Gasteiger partial charge in [0.15, 0.2) is 0 Å². The second-order valence-electron chi connectivity index (χ2n) is 11.2. The van der Waals surface area contributed by atoms with Crippen LogP contribution in [0.25, 0.3) is 0 Å². The van der Waals surface area contributed by atoms with E-state index in [0.717, 1.165) is 59.9 Å². The predicted molar refractivity (Wildman–Crippen MR) is 139 cm³/mol. The maximum atomic E-state index is 13.1. The van der Waals surface area contributed by atoms with Gasteiger partial charge >= 0.3 is 0 Å². The molecule has 0 radical (unpaired) electrons. The lowest BCUT2D eigenvalue weighted by Gasteiger charge is -2.35. The average Bonchev–Trinajstić information content (AvgIpc) is 3.54. The Bertz CT molecular complexity index is 1140. The van der Waals surface area contributed by atoms with Crippen LogP contribution in [0.15, 0.2) is 22.7 Å². The lowest BCUT2D eigenvalue weighted by molar-refractivity contribution is -0.121. The molecule has 36 heavy (non-hydrogen) atoms. The number of carbonyl (C=O) groups is 2. The van der Waals surface area contributed by atoms with E-state index in [-0.39, 0.29) is 37.1 Å². The highest BCUT2D eigenvalue weighted by molar-refractivity contribution is 5.92. The molecule has 2 amide bonds. The van der Waals surface area contributed by atoms with Crippen LogP contribution in [0, 0.1) is 37.0 Å². The Morgan fingerprint density at radius 1 is 1.17 bits per heavy atom. The van der Waals surface area contributed by atoms with E-state index in [2.05, 4.69) is 29.6 Å². The normalized spacial score (nSPS) is 19.9. The fraction of sp³-hybridized carbons (Fsp3) is 0.586. The summed E-state index contributed by atoms with van der Waals surface area (Å²) in [5.41, 5.74) is 4.89. The number of carbonyl (C=O) groups excluding carboxylic acids is 2. The van der Waals surface area contributed by atoms with Gasteiger partial charge in [-0.2, -0.15) is 5.26 Å². The highest BCUT2D eigenvalue weighted by atomic mass is 16.5. The summed E-state index contributed by atoms with van der Waals surface area (Å²) in [5.74, 6) is 2.45. The standard InChI is InChI=1S/C29H38N4O3/c1-17(2)11-20-13-22(14-20)29-27(21-6-7-21)28(33-36-29)23(16-31-25(34)9-10-30)15-26(35)32-24-8-5-18(3)12-19(24)4/h5,8,12,17,20-23H,6-7,9,11,13-16H2,1-4H3,(H,31,34)(H,32,35)/t20?,22?,23-/m1/s1. The van der Waals surface area contributed by atoms with Crippen molar-refractivity contribution >= 4 is 17.5 Å². The van der Waals surface area contributed by atoms with Gasteiger partial charge in [-0.25, -0.2) is 0 Å². The molecule has 2 aromatic rings. The van der Waals surface area contributed by atoms with Gasteiger partial charge in [-0.05, 0) is 75.3 Å². The molecule has 2 saturated carbocycles. The molecule has 2 aliphatic rings. The van der Waals surface area contributed by atoms with E-state index >= 15 is 0 Å². The van der Waals surface area contributed by atoms with Crippen LogP contribution in [0.4, 0.5) is 5.69 Å². The first-order chi connectivity index (χ1) is 17.2. The highest BCUT2D eigenvalue weighted by Gasteiger charge is 2.41. The quantitative estimate of drug-likeness (QED) is 0.411. The van der Waals surface area contributed by atoms with Crippen molar-refractivity contribution in [1.82, 2.24) is 10.5 Å². The van der Waals surface area contributed by atoms with Crippen molar-refractivity contribution < 1.29 is 14.1 Å². The van der Waals surface area contributed by atoms with E-state index in [0.29, 0.717) is 17.8 Å². The SMILES string of the molecule is Cc1ccc(NC(=O)C[C@H](CNC(=O)CC#N)c2noc(C3CC(CC(C)C)C3)c2C2CC2)c(C)c1. The number of benzene rings is 1. The van der Waals surface area contributed by atoms with Crippen LogP contribution < -0.4 is 10.6 Å². The first kappa shape index (κ1) is 25.9. The molecule has 7 nitrogen and oxygen atoms in total. The van der Waals surface area contributed by atoms with E-state index in [1.165, 1.54) is 12.0 Å². The molecule has 1 atom stereocenters. The summed E-state index contributed by atoms with van der Waals surface area (Å²) < 4.78 is 5.98. The highest BCUT2D eigenvalue weighted by Crippen LogP contribution is 2.52. The van der Waals surface area contributed by atoms with Crippen LogP contribution in [0.1, 0.15) is 105 Å². The van der Waals surface area contributed by atoms with Crippen molar-refractivity contribution in [3.8, 4) is 6.07 Å². The summed E-state index contributed by atoms with van der Waals surface area (Å²) in [7, 11) is 0. The summed E-state index contributed by atoms with van der Waals surface area (Å²) in [6, 6.07) is 7.81. The molecule has 7 heteroatoms. The lowest BCUT2D eigenvalue weighted by atomic mass is 9.69. The first-order valence-corrected chi connectivity index (χ1v) is 13.2. The Kier molecular flexibility index (Phi) is 8.13. The molecule has 0 saturated heterocycles. The molecule has 4 rings (SSSR count). The number of hydrogen-bond acceptors (Lipinski definition) is 5. The van der Waals surface area contributed by atoms with Crippen molar-refractivity contribution in [1.29, 1.82) is 5.26 Å². The Balaban J connectivity index is 1.53. The molecule has 0 aliphatic heterocycles. The van der Waals surface area contributed by atoms with Crippen LogP contribution in [-0.2, 0) is 9.59 Å². The molecule has 1 heterocycles. The minimum atomic E-state index is -0.343. The van der Waals surface area contributed by atoms with E-state index in [4.69, 9.17) is 9.78 Å². The zero-order chi connectivity index (χ0) is 25.8. The zero-order valence-electron chi connectivity index (χ0n) is 21.9.